The van der Waals surface area contributed by atoms with Crippen LogP contribution in [0.25, 0.3) is 11.1 Å². The first-order valence-electron chi connectivity index (χ1n) is 11.0. The fourth-order valence-electron chi connectivity index (χ4n) is 4.02. The molecule has 8 nitrogen and oxygen atoms in total. The van der Waals surface area contributed by atoms with Gasteiger partial charge in [0.1, 0.15) is 6.61 Å². The molecule has 0 heterocycles. The first kappa shape index (κ1) is 24.3. The Bertz CT molecular complexity index is 947. The number of hydrogen-bond acceptors (Lipinski definition) is 5. The van der Waals surface area contributed by atoms with Gasteiger partial charge >= 0.3 is 12.1 Å². The number of benzene rings is 2. The van der Waals surface area contributed by atoms with E-state index in [-0.39, 0.29) is 50.3 Å². The number of ether oxygens (including phenoxy) is 2. The van der Waals surface area contributed by atoms with Gasteiger partial charge in [-0.15, -0.1) is 0 Å². The zero-order valence-electron chi connectivity index (χ0n) is 18.9. The lowest BCUT2D eigenvalue weighted by Crippen LogP contribution is -2.38. The van der Waals surface area contributed by atoms with Crippen LogP contribution in [-0.2, 0) is 19.1 Å². The Morgan fingerprint density at radius 2 is 1.55 bits per heavy atom. The van der Waals surface area contributed by atoms with Crippen LogP contribution >= 0.6 is 0 Å². The number of amides is 2. The monoisotopic (exact) mass is 454 g/mol. The normalized spacial score (nSPS) is 14.0. The lowest BCUT2D eigenvalue weighted by Gasteiger charge is -2.18. The Hall–Kier alpha value is -3.39. The highest BCUT2D eigenvalue weighted by molar-refractivity contribution is 5.79. The first-order chi connectivity index (χ1) is 15.9. The van der Waals surface area contributed by atoms with Gasteiger partial charge in [0.2, 0.25) is 5.91 Å². The van der Waals surface area contributed by atoms with Gasteiger partial charge in [0, 0.05) is 32.5 Å². The molecule has 0 saturated carbocycles. The first-order valence-corrected chi connectivity index (χ1v) is 11.0. The lowest BCUT2D eigenvalue weighted by molar-refractivity contribution is -0.138. The summed E-state index contributed by atoms with van der Waals surface area (Å²) in [6.45, 7) is 2.34. The van der Waals surface area contributed by atoms with Crippen LogP contribution in [0, 0.1) is 5.92 Å². The van der Waals surface area contributed by atoms with Gasteiger partial charge in [-0.05, 0) is 28.2 Å². The Morgan fingerprint density at radius 1 is 0.939 bits per heavy atom. The zero-order chi connectivity index (χ0) is 23.8. The third-order valence-corrected chi connectivity index (χ3v) is 5.73. The van der Waals surface area contributed by atoms with Crippen molar-refractivity contribution in [2.45, 2.75) is 31.8 Å². The standard InChI is InChI=1S/C25H30N2O6/c1-16(11-24(29)30)13-26-23(28)12-17(32-2)14-27-25(31)33-15-22-20-9-5-3-7-18(20)19-8-4-6-10-21(19)22/h3-10,16-17,22H,11-15H2,1-2H3,(H,26,28)(H,27,31)(H,29,30). The highest BCUT2D eigenvalue weighted by Gasteiger charge is 2.29. The molecule has 2 atom stereocenters. The third kappa shape index (κ3) is 6.55. The van der Waals surface area contributed by atoms with Gasteiger partial charge in [-0.1, -0.05) is 55.5 Å². The van der Waals surface area contributed by atoms with Gasteiger partial charge in [0.25, 0.3) is 0 Å². The Balaban J connectivity index is 1.45. The number of fused-ring (bicyclic) bond motifs is 3. The average Bonchev–Trinajstić information content (AvgIpc) is 3.12. The number of carbonyl (C=O) groups excluding carboxylic acids is 2. The third-order valence-electron chi connectivity index (χ3n) is 5.73. The SMILES string of the molecule is COC(CNC(=O)OCC1c2ccccc2-c2ccccc21)CC(=O)NCC(C)CC(=O)O. The summed E-state index contributed by atoms with van der Waals surface area (Å²) in [5.41, 5.74) is 4.58. The topological polar surface area (TPSA) is 114 Å². The molecule has 0 radical (unpaired) electrons. The second-order valence-electron chi connectivity index (χ2n) is 8.28. The summed E-state index contributed by atoms with van der Waals surface area (Å²) in [4.78, 5) is 35.1. The Kier molecular flexibility index (Phi) is 8.43. The second-order valence-corrected chi connectivity index (χ2v) is 8.28. The molecule has 2 unspecified atom stereocenters. The van der Waals surface area contributed by atoms with Crippen molar-refractivity contribution in [3.8, 4) is 11.1 Å². The summed E-state index contributed by atoms with van der Waals surface area (Å²) in [6.07, 6.45) is -1.08. The minimum atomic E-state index is -0.904. The number of aliphatic carboxylic acids is 1. The molecule has 0 bridgehead atoms. The van der Waals surface area contributed by atoms with Crippen LogP contribution in [0.2, 0.25) is 0 Å². The summed E-state index contributed by atoms with van der Waals surface area (Å²) in [5, 5.41) is 14.1. The van der Waals surface area contributed by atoms with E-state index >= 15 is 0 Å². The maximum atomic E-state index is 12.3. The molecule has 1 aliphatic carbocycles. The second kappa shape index (κ2) is 11.5. The van der Waals surface area contributed by atoms with E-state index in [1.165, 1.54) is 7.11 Å². The lowest BCUT2D eigenvalue weighted by atomic mass is 9.98. The highest BCUT2D eigenvalue weighted by Crippen LogP contribution is 2.44. The zero-order valence-corrected chi connectivity index (χ0v) is 18.9. The molecule has 0 fully saturated rings. The molecule has 0 spiro atoms. The van der Waals surface area contributed by atoms with Crippen molar-refractivity contribution in [2.24, 2.45) is 5.92 Å². The number of carboxylic acid groups (broad SMARTS) is 1. The molecule has 0 aromatic heterocycles. The summed E-state index contributed by atoms with van der Waals surface area (Å²) < 4.78 is 10.8. The van der Waals surface area contributed by atoms with Crippen molar-refractivity contribution in [1.29, 1.82) is 0 Å². The molecule has 1 aliphatic rings. The van der Waals surface area contributed by atoms with Crippen LogP contribution in [0.1, 0.15) is 36.8 Å². The maximum Gasteiger partial charge on any atom is 0.407 e. The summed E-state index contributed by atoms with van der Waals surface area (Å²) in [7, 11) is 1.46. The van der Waals surface area contributed by atoms with E-state index < -0.39 is 18.2 Å². The summed E-state index contributed by atoms with van der Waals surface area (Å²) >= 11 is 0. The number of carboxylic acids is 1. The van der Waals surface area contributed by atoms with E-state index in [1.54, 1.807) is 6.92 Å². The van der Waals surface area contributed by atoms with Gasteiger partial charge in [-0.25, -0.2) is 4.79 Å². The van der Waals surface area contributed by atoms with Gasteiger partial charge in [-0.3, -0.25) is 9.59 Å². The number of rotatable bonds is 11. The van der Waals surface area contributed by atoms with E-state index in [2.05, 4.69) is 34.9 Å². The highest BCUT2D eigenvalue weighted by atomic mass is 16.5. The van der Waals surface area contributed by atoms with Crippen LogP contribution in [-0.4, -0.2) is 56.0 Å². The predicted molar refractivity (Wildman–Crippen MR) is 123 cm³/mol. The molecular weight excluding hydrogens is 424 g/mol. The van der Waals surface area contributed by atoms with E-state index in [0.29, 0.717) is 0 Å². The van der Waals surface area contributed by atoms with E-state index in [1.807, 2.05) is 24.3 Å². The fraction of sp³-hybridized carbons (Fsp3) is 0.400. The van der Waals surface area contributed by atoms with E-state index in [4.69, 9.17) is 14.6 Å². The maximum absolute atomic E-state index is 12.3. The minimum absolute atomic E-state index is 0.0165. The van der Waals surface area contributed by atoms with E-state index in [9.17, 15) is 14.4 Å². The molecule has 8 heteroatoms. The van der Waals surface area contributed by atoms with Gasteiger partial charge in [0.05, 0.1) is 12.5 Å². The Labute approximate surface area is 193 Å². The van der Waals surface area contributed by atoms with Crippen LogP contribution in [0.15, 0.2) is 48.5 Å². The molecule has 3 rings (SSSR count). The van der Waals surface area contributed by atoms with Crippen LogP contribution in [0.3, 0.4) is 0 Å². The van der Waals surface area contributed by atoms with Crippen molar-refractivity contribution in [3.05, 3.63) is 59.7 Å². The quantitative estimate of drug-likeness (QED) is 0.481. The number of hydrogen-bond donors (Lipinski definition) is 3. The fourth-order valence-corrected chi connectivity index (χ4v) is 4.02. The van der Waals surface area contributed by atoms with Gasteiger partial charge in [0.15, 0.2) is 0 Å². The van der Waals surface area contributed by atoms with Gasteiger partial charge < -0.3 is 25.2 Å². The molecule has 33 heavy (non-hydrogen) atoms. The molecule has 3 N–H and O–H groups in total. The number of alkyl carbamates (subject to hydrolysis) is 1. The molecule has 2 amide bonds. The van der Waals surface area contributed by atoms with Crippen molar-refractivity contribution < 1.29 is 29.0 Å². The molecular formula is C25H30N2O6. The molecule has 2 aromatic carbocycles. The average molecular weight is 455 g/mol. The Morgan fingerprint density at radius 3 is 2.12 bits per heavy atom. The molecule has 2 aromatic rings. The van der Waals surface area contributed by atoms with Crippen LogP contribution in [0.5, 0.6) is 0 Å². The number of methoxy groups -OCH3 is 1. The molecule has 0 saturated heterocycles. The van der Waals surface area contributed by atoms with Crippen molar-refractivity contribution in [1.82, 2.24) is 10.6 Å². The molecule has 0 aliphatic heterocycles. The van der Waals surface area contributed by atoms with Gasteiger partial charge in [-0.2, -0.15) is 0 Å². The van der Waals surface area contributed by atoms with Crippen LogP contribution in [0.4, 0.5) is 4.79 Å². The number of carbonyl (C=O) groups is 3. The minimum Gasteiger partial charge on any atom is -0.481 e. The van der Waals surface area contributed by atoms with Crippen LogP contribution < -0.4 is 10.6 Å². The summed E-state index contributed by atoms with van der Waals surface area (Å²) in [6, 6.07) is 16.2. The largest absolute Gasteiger partial charge is 0.481 e. The van der Waals surface area contributed by atoms with Crippen molar-refractivity contribution >= 4 is 18.0 Å². The summed E-state index contributed by atoms with van der Waals surface area (Å²) in [5.74, 6) is -1.38. The van der Waals surface area contributed by atoms with Crippen molar-refractivity contribution in [2.75, 3.05) is 26.8 Å². The predicted octanol–water partition coefficient (Wildman–Crippen LogP) is 3.16. The smallest absolute Gasteiger partial charge is 0.407 e. The van der Waals surface area contributed by atoms with E-state index in [0.717, 1.165) is 22.3 Å². The molecule has 176 valence electrons. The van der Waals surface area contributed by atoms with Crippen molar-refractivity contribution in [3.63, 3.8) is 0 Å². The number of nitrogens with one attached hydrogen (secondary N) is 2.